The van der Waals surface area contributed by atoms with Crippen LogP contribution < -0.4 is 14.5 Å². The van der Waals surface area contributed by atoms with Crippen LogP contribution >= 0.6 is 0 Å². The molecule has 82 heavy (non-hydrogen) atoms. The van der Waals surface area contributed by atoms with Gasteiger partial charge in [0.2, 0.25) is 0 Å². The quantitative estimate of drug-likeness (QED) is 0.135. The fraction of sp³-hybridized carbons (Fsp3) is 0.120. The van der Waals surface area contributed by atoms with E-state index in [-0.39, 0.29) is 37.7 Å². The zero-order chi connectivity index (χ0) is 55.2. The smallest absolute Gasteiger partial charge is 0.135 e. The Morgan fingerprint density at radius 1 is 0.488 bits per heavy atom. The summed E-state index contributed by atoms with van der Waals surface area (Å²) in [5.41, 5.74) is 17.2. The Hall–Kier alpha value is -8.83. The van der Waals surface area contributed by atoms with Crippen LogP contribution in [0.25, 0.3) is 61.0 Å². The maximum absolute atomic E-state index is 15.8. The normalized spacial score (nSPS) is 14.6. The molecule has 10 aromatic carbocycles. The monoisotopic (exact) mass is 1240 g/mol. The van der Waals surface area contributed by atoms with Crippen molar-refractivity contribution in [3.63, 3.8) is 0 Å². The molecule has 0 bridgehead atoms. The van der Waals surface area contributed by atoms with Gasteiger partial charge in [-0.3, -0.25) is 0 Å². The predicted molar refractivity (Wildman–Crippen MR) is 330 cm³/mol. The number of halogens is 1. The number of hydrogen-bond acceptors (Lipinski definition) is 4. The van der Waals surface area contributed by atoms with Crippen molar-refractivity contribution >= 4 is 44.6 Å². The van der Waals surface area contributed by atoms with Gasteiger partial charge in [-0.05, 0) is 109 Å². The van der Waals surface area contributed by atoms with Crippen molar-refractivity contribution in [3.8, 4) is 50.7 Å². The second-order valence-corrected chi connectivity index (χ2v) is 23.4. The van der Waals surface area contributed by atoms with E-state index < -0.39 is 5.41 Å². The second-order valence-electron chi connectivity index (χ2n) is 23.4. The molecule has 2 aromatic heterocycles. The van der Waals surface area contributed by atoms with Crippen LogP contribution in [0.4, 0.5) is 27.1 Å². The maximum Gasteiger partial charge on any atom is 0.135 e. The van der Waals surface area contributed by atoms with Crippen molar-refractivity contribution in [2.24, 2.45) is 0 Å². The van der Waals surface area contributed by atoms with Gasteiger partial charge in [-0.2, -0.15) is 6.07 Å². The van der Waals surface area contributed by atoms with Crippen molar-refractivity contribution in [2.45, 2.75) is 57.8 Å². The number of para-hydroxylation sites is 4. The summed E-state index contributed by atoms with van der Waals surface area (Å²) in [5.74, 6) is 1.54. The summed E-state index contributed by atoms with van der Waals surface area (Å²) in [6, 6.07) is 88.0. The average molecular weight is 1250 g/mol. The van der Waals surface area contributed by atoms with Crippen LogP contribution in [0.2, 0.25) is 0 Å². The molecule has 0 fully saturated rings. The first-order chi connectivity index (χ1) is 39.3. The van der Waals surface area contributed by atoms with E-state index in [0.717, 1.165) is 106 Å². The number of nitrogens with zero attached hydrogens (tertiary/aromatic N) is 4. The summed E-state index contributed by atoms with van der Waals surface area (Å²) >= 11 is 0. The second kappa shape index (κ2) is 20.3. The molecule has 12 aromatic rings. The predicted octanol–water partition coefficient (Wildman–Crippen LogP) is 19.4. The molecule has 0 saturated heterocycles. The summed E-state index contributed by atoms with van der Waals surface area (Å²) in [5, 5.41) is 2.14. The van der Waals surface area contributed by atoms with E-state index in [1.807, 2.05) is 24.4 Å². The minimum Gasteiger partial charge on any atom is -0.509 e. The molecule has 1 aliphatic heterocycles. The van der Waals surface area contributed by atoms with Gasteiger partial charge < -0.3 is 19.1 Å². The van der Waals surface area contributed by atoms with Gasteiger partial charge in [0.1, 0.15) is 11.6 Å². The van der Waals surface area contributed by atoms with Crippen LogP contribution in [0.3, 0.4) is 0 Å². The molecule has 1 unspecified atom stereocenters. The Balaban J connectivity index is 0.00000631. The Morgan fingerprint density at radius 3 is 1.82 bits per heavy atom. The molecular formula is C75H58FN4OPt-3. The van der Waals surface area contributed by atoms with E-state index in [4.69, 9.17) is 9.72 Å². The number of hydrogen-bond donors (Lipinski definition) is 0. The molecule has 14 rings (SSSR count). The number of anilines is 4. The number of benzene rings is 10. The molecule has 0 spiro atoms. The summed E-state index contributed by atoms with van der Waals surface area (Å²) in [4.78, 5) is 9.54. The Bertz CT molecular complexity index is 4350. The molecule has 3 heterocycles. The van der Waals surface area contributed by atoms with Gasteiger partial charge in [0.05, 0.1) is 0 Å². The third-order valence-corrected chi connectivity index (χ3v) is 16.4. The van der Waals surface area contributed by atoms with Gasteiger partial charge in [0, 0.05) is 77.9 Å². The van der Waals surface area contributed by atoms with Crippen LogP contribution in [-0.2, 0) is 37.3 Å². The molecule has 0 radical (unpaired) electrons. The number of aromatic nitrogens is 2. The summed E-state index contributed by atoms with van der Waals surface area (Å²) in [7, 11) is 0. The minimum atomic E-state index is -0.929. The number of rotatable bonds is 9. The van der Waals surface area contributed by atoms with Crippen LogP contribution in [0.1, 0.15) is 74.9 Å². The van der Waals surface area contributed by atoms with Crippen LogP contribution in [-0.4, -0.2) is 9.55 Å². The van der Waals surface area contributed by atoms with E-state index in [1.54, 1.807) is 12.1 Å². The van der Waals surface area contributed by atoms with Crippen LogP contribution in [0.5, 0.6) is 11.5 Å². The van der Waals surface area contributed by atoms with Crippen molar-refractivity contribution in [2.75, 3.05) is 9.80 Å². The Kier molecular flexibility index (Phi) is 13.0. The third kappa shape index (κ3) is 8.75. The molecule has 404 valence electrons. The zero-order valence-electron chi connectivity index (χ0n) is 46.5. The molecule has 1 aliphatic carbocycles. The van der Waals surface area contributed by atoms with E-state index in [9.17, 15) is 0 Å². The fourth-order valence-electron chi connectivity index (χ4n) is 12.5. The van der Waals surface area contributed by atoms with Gasteiger partial charge in [-0.1, -0.05) is 211 Å². The van der Waals surface area contributed by atoms with Gasteiger partial charge in [-0.15, -0.1) is 53.6 Å². The summed E-state index contributed by atoms with van der Waals surface area (Å²) < 4.78 is 25.3. The Labute approximate surface area is 494 Å². The van der Waals surface area contributed by atoms with Crippen LogP contribution in [0, 0.1) is 24.6 Å². The van der Waals surface area contributed by atoms with Gasteiger partial charge in [-0.25, -0.2) is 9.37 Å². The summed E-state index contributed by atoms with van der Waals surface area (Å²) in [6.45, 7) is 15.6. The SMILES string of the molecule is CC(C)(C)c1ccc(C2(c3cc(Oc4[c-]c5c(cc4)c4ccccc4n5-c4cc(C(C)(C)C)ccn4)[c-]c(N4[CH-]N(c5c(-c6ccccc6)cccc5-c5ccccc5)c5ccccc54)c3)c3ccccc3-c3cc(F)ccc32)cc1.[Pt]. The topological polar surface area (TPSA) is 33.5 Å². The van der Waals surface area contributed by atoms with Crippen molar-refractivity contribution in [3.05, 3.63) is 295 Å². The maximum atomic E-state index is 15.8. The molecular weight excluding hydrogens is 1190 g/mol. The van der Waals surface area contributed by atoms with Gasteiger partial charge in [0.25, 0.3) is 0 Å². The molecule has 0 saturated carbocycles. The molecule has 1 atom stereocenters. The first-order valence-electron chi connectivity index (χ1n) is 27.8. The van der Waals surface area contributed by atoms with Gasteiger partial charge in [0.15, 0.2) is 0 Å². The first-order valence-corrected chi connectivity index (χ1v) is 27.8. The number of fused-ring (bicyclic) bond motifs is 7. The third-order valence-electron chi connectivity index (χ3n) is 16.4. The van der Waals surface area contributed by atoms with Crippen molar-refractivity contribution < 1.29 is 30.2 Å². The zero-order valence-corrected chi connectivity index (χ0v) is 48.8. The minimum absolute atomic E-state index is 0. The molecule has 5 nitrogen and oxygen atoms in total. The van der Waals surface area contributed by atoms with Crippen LogP contribution in [0.15, 0.2) is 237 Å². The largest absolute Gasteiger partial charge is 0.509 e. The molecule has 0 N–H and O–H groups in total. The molecule has 7 heteroatoms. The van der Waals surface area contributed by atoms with E-state index in [1.165, 1.54) is 11.1 Å². The summed E-state index contributed by atoms with van der Waals surface area (Å²) in [6.07, 6.45) is 1.90. The fourth-order valence-corrected chi connectivity index (χ4v) is 12.5. The van der Waals surface area contributed by atoms with E-state index in [2.05, 4.69) is 275 Å². The molecule has 2 aliphatic rings. The van der Waals surface area contributed by atoms with Gasteiger partial charge >= 0.3 is 0 Å². The number of pyridine rings is 1. The standard InChI is InChI=1S/C75H58FN4O.Pt/c1-73(2,3)51-32-34-52(35-33-51)75(65-28-15-13-24-61(65)64-45-55(76)36-39-66(64)75)54-42-56(46-58(43-54)81-57-37-38-63-62-25-14-16-29-67(62)80(70(63)47-57)71-44-53(40-41-77-71)74(4,5)6)78-48-79(69-31-18-17-30-68(69)78)72-59(49-20-9-7-10-21-49)26-19-27-60(72)50-22-11-8-12-23-50;/h7-45,48H,1-6H3;/q-3;. The van der Waals surface area contributed by atoms with E-state index >= 15 is 4.39 Å². The first kappa shape index (κ1) is 52.5. The van der Waals surface area contributed by atoms with Crippen molar-refractivity contribution in [1.29, 1.82) is 0 Å². The number of ether oxygens (including phenoxy) is 1. The molecule has 0 amide bonds. The van der Waals surface area contributed by atoms with E-state index in [0.29, 0.717) is 11.5 Å². The Morgan fingerprint density at radius 2 is 1.11 bits per heavy atom. The average Bonchev–Trinajstić information content (AvgIpc) is 3.37. The van der Waals surface area contributed by atoms with Crippen molar-refractivity contribution in [1.82, 2.24) is 9.55 Å².